The SMILES string of the molecule is CCOc1ccc2c(C(=O)N3CCN4CCC45CCC35)nsc2c1. The molecule has 0 radical (unpaired) electrons. The highest BCUT2D eigenvalue weighted by atomic mass is 32.1. The molecule has 0 bridgehead atoms. The molecular formula is C18H21N3O2S. The van der Waals surface area contributed by atoms with Crippen LogP contribution >= 0.6 is 11.5 Å². The van der Waals surface area contributed by atoms with E-state index in [1.807, 2.05) is 25.1 Å². The number of ether oxygens (including phenoxy) is 1. The van der Waals surface area contributed by atoms with Crippen LogP contribution in [0.4, 0.5) is 0 Å². The Hall–Kier alpha value is -1.66. The number of fused-ring (bicyclic) bond motifs is 1. The molecule has 3 aliphatic rings. The number of benzene rings is 1. The number of hydrogen-bond acceptors (Lipinski definition) is 5. The molecule has 2 unspecified atom stereocenters. The fourth-order valence-corrected chi connectivity index (χ4v) is 5.49. The van der Waals surface area contributed by atoms with Gasteiger partial charge in [-0.3, -0.25) is 9.69 Å². The van der Waals surface area contributed by atoms with Gasteiger partial charge >= 0.3 is 0 Å². The molecule has 2 atom stereocenters. The van der Waals surface area contributed by atoms with Crippen molar-refractivity contribution in [3.63, 3.8) is 0 Å². The number of carbonyl (C=O) groups excluding carboxylic acids is 1. The molecule has 2 aliphatic heterocycles. The van der Waals surface area contributed by atoms with E-state index < -0.39 is 0 Å². The lowest BCUT2D eigenvalue weighted by molar-refractivity contribution is -0.161. The van der Waals surface area contributed by atoms with E-state index in [9.17, 15) is 4.79 Å². The molecule has 24 heavy (non-hydrogen) atoms. The average molecular weight is 343 g/mol. The Morgan fingerprint density at radius 1 is 1.38 bits per heavy atom. The minimum absolute atomic E-state index is 0.112. The van der Waals surface area contributed by atoms with Crippen LogP contribution in [0.25, 0.3) is 10.1 Å². The monoisotopic (exact) mass is 343 g/mol. The van der Waals surface area contributed by atoms with E-state index in [0.717, 1.165) is 35.3 Å². The highest BCUT2D eigenvalue weighted by Crippen LogP contribution is 2.51. The smallest absolute Gasteiger partial charge is 0.274 e. The van der Waals surface area contributed by atoms with Crippen molar-refractivity contribution in [3.8, 4) is 5.75 Å². The number of aromatic nitrogens is 1. The van der Waals surface area contributed by atoms with Gasteiger partial charge in [0.15, 0.2) is 0 Å². The van der Waals surface area contributed by atoms with Crippen molar-refractivity contribution in [3.05, 3.63) is 23.9 Å². The first-order valence-electron chi connectivity index (χ1n) is 8.81. The number of hydrogen-bond donors (Lipinski definition) is 0. The molecule has 5 nitrogen and oxygen atoms in total. The number of carbonyl (C=O) groups is 1. The van der Waals surface area contributed by atoms with Crippen LogP contribution in [0.2, 0.25) is 0 Å². The Bertz CT molecular complexity index is 816. The lowest BCUT2D eigenvalue weighted by atomic mass is 9.61. The van der Waals surface area contributed by atoms with Gasteiger partial charge in [0.25, 0.3) is 5.91 Å². The van der Waals surface area contributed by atoms with Crippen LogP contribution in [0.1, 0.15) is 36.7 Å². The van der Waals surface area contributed by atoms with Gasteiger partial charge in [-0.25, -0.2) is 0 Å². The maximum Gasteiger partial charge on any atom is 0.274 e. The summed E-state index contributed by atoms with van der Waals surface area (Å²) in [7, 11) is 0. The number of nitrogens with zero attached hydrogens (tertiary/aromatic N) is 3. The fraction of sp³-hybridized carbons (Fsp3) is 0.556. The molecule has 1 aliphatic carbocycles. The zero-order valence-electron chi connectivity index (χ0n) is 13.8. The van der Waals surface area contributed by atoms with Crippen LogP contribution in [-0.2, 0) is 0 Å². The van der Waals surface area contributed by atoms with Gasteiger partial charge in [0.05, 0.1) is 17.3 Å². The van der Waals surface area contributed by atoms with Gasteiger partial charge < -0.3 is 9.64 Å². The predicted octanol–water partition coefficient (Wildman–Crippen LogP) is 2.76. The standard InChI is InChI=1S/C18H21N3O2S/c1-2-23-12-3-4-13-14(11-12)24-19-16(13)17(22)21-10-9-20-8-7-18(20)6-5-15(18)21/h3-4,11,15H,2,5-10H2,1H3. The molecule has 2 saturated heterocycles. The van der Waals surface area contributed by atoms with Crippen molar-refractivity contribution in [2.45, 2.75) is 37.8 Å². The van der Waals surface area contributed by atoms with Crippen LogP contribution in [0.3, 0.4) is 0 Å². The Morgan fingerprint density at radius 2 is 2.29 bits per heavy atom. The van der Waals surface area contributed by atoms with E-state index in [1.165, 1.54) is 30.9 Å². The maximum absolute atomic E-state index is 13.2. The Labute approximate surface area is 145 Å². The average Bonchev–Trinajstić information content (AvgIpc) is 2.93. The van der Waals surface area contributed by atoms with Crippen molar-refractivity contribution in [2.24, 2.45) is 0 Å². The van der Waals surface area contributed by atoms with E-state index in [-0.39, 0.29) is 5.91 Å². The summed E-state index contributed by atoms with van der Waals surface area (Å²) in [4.78, 5) is 17.9. The molecule has 1 spiro atoms. The van der Waals surface area contributed by atoms with Gasteiger partial charge in [0.1, 0.15) is 11.4 Å². The van der Waals surface area contributed by atoms with E-state index in [1.54, 1.807) is 0 Å². The molecule has 2 aromatic rings. The molecule has 1 aromatic carbocycles. The van der Waals surface area contributed by atoms with Crippen molar-refractivity contribution in [1.82, 2.24) is 14.2 Å². The second-order valence-electron chi connectivity index (χ2n) is 7.02. The van der Waals surface area contributed by atoms with E-state index in [0.29, 0.717) is 23.9 Å². The molecule has 0 N–H and O–H groups in total. The first-order valence-corrected chi connectivity index (χ1v) is 9.58. The van der Waals surface area contributed by atoms with Crippen LogP contribution < -0.4 is 4.74 Å². The molecule has 1 aromatic heterocycles. The van der Waals surface area contributed by atoms with Crippen LogP contribution in [-0.4, -0.2) is 57.9 Å². The topological polar surface area (TPSA) is 45.7 Å². The number of rotatable bonds is 3. The summed E-state index contributed by atoms with van der Waals surface area (Å²) in [6, 6.07) is 6.30. The lowest BCUT2D eigenvalue weighted by Gasteiger charge is -2.68. The van der Waals surface area contributed by atoms with Crippen LogP contribution in [0, 0.1) is 0 Å². The van der Waals surface area contributed by atoms with E-state index in [4.69, 9.17) is 4.74 Å². The normalized spacial score (nSPS) is 28.7. The highest BCUT2D eigenvalue weighted by Gasteiger charge is 2.61. The molecule has 126 valence electrons. The summed E-state index contributed by atoms with van der Waals surface area (Å²) < 4.78 is 11.1. The third kappa shape index (κ3) is 1.84. The zero-order valence-corrected chi connectivity index (χ0v) is 14.6. The summed E-state index contributed by atoms with van der Waals surface area (Å²) in [5.41, 5.74) is 0.926. The Balaban J connectivity index is 1.46. The third-order valence-electron chi connectivity index (χ3n) is 6.12. The predicted molar refractivity (Wildman–Crippen MR) is 93.8 cm³/mol. The summed E-state index contributed by atoms with van der Waals surface area (Å²) in [5, 5.41) is 0.956. The second-order valence-corrected chi connectivity index (χ2v) is 7.82. The van der Waals surface area contributed by atoms with Gasteiger partial charge in [-0.2, -0.15) is 4.37 Å². The summed E-state index contributed by atoms with van der Waals surface area (Å²) >= 11 is 1.39. The van der Waals surface area contributed by atoms with Crippen LogP contribution in [0.15, 0.2) is 18.2 Å². The zero-order chi connectivity index (χ0) is 16.3. The second kappa shape index (κ2) is 5.17. The molecule has 3 fully saturated rings. The quantitative estimate of drug-likeness (QED) is 0.860. The minimum atomic E-state index is 0.112. The third-order valence-corrected chi connectivity index (χ3v) is 6.93. The molecule has 1 saturated carbocycles. The van der Waals surface area contributed by atoms with E-state index in [2.05, 4.69) is 14.2 Å². The minimum Gasteiger partial charge on any atom is -0.494 e. The van der Waals surface area contributed by atoms with Crippen LogP contribution in [0.5, 0.6) is 5.75 Å². The molecule has 1 amide bonds. The van der Waals surface area contributed by atoms with Crippen molar-refractivity contribution >= 4 is 27.5 Å². The van der Waals surface area contributed by atoms with Gasteiger partial charge in [-0.15, -0.1) is 0 Å². The number of amides is 1. The summed E-state index contributed by atoms with van der Waals surface area (Å²) in [5.74, 6) is 0.953. The highest BCUT2D eigenvalue weighted by molar-refractivity contribution is 7.13. The lowest BCUT2D eigenvalue weighted by Crippen LogP contribution is -2.79. The van der Waals surface area contributed by atoms with Crippen molar-refractivity contribution in [1.29, 1.82) is 0 Å². The first kappa shape index (κ1) is 14.7. The largest absolute Gasteiger partial charge is 0.494 e. The summed E-state index contributed by atoms with van der Waals surface area (Å²) in [6.07, 6.45) is 3.63. The molecular weight excluding hydrogens is 322 g/mol. The van der Waals surface area contributed by atoms with Gasteiger partial charge in [-0.1, -0.05) is 0 Å². The summed E-state index contributed by atoms with van der Waals surface area (Å²) in [6.45, 7) is 5.67. The van der Waals surface area contributed by atoms with Gasteiger partial charge in [-0.05, 0) is 55.9 Å². The molecule has 6 heteroatoms. The van der Waals surface area contributed by atoms with Gasteiger partial charge in [0.2, 0.25) is 0 Å². The first-order chi connectivity index (χ1) is 11.7. The number of piperazine rings is 1. The fourth-order valence-electron chi connectivity index (χ4n) is 4.70. The molecule has 5 rings (SSSR count). The van der Waals surface area contributed by atoms with Crippen molar-refractivity contribution < 1.29 is 9.53 Å². The molecule has 3 heterocycles. The Morgan fingerprint density at radius 3 is 3.00 bits per heavy atom. The van der Waals surface area contributed by atoms with Crippen molar-refractivity contribution in [2.75, 3.05) is 26.2 Å². The maximum atomic E-state index is 13.2. The van der Waals surface area contributed by atoms with E-state index >= 15 is 0 Å². The Kier molecular flexibility index (Phi) is 3.16. The van der Waals surface area contributed by atoms with Gasteiger partial charge in [0, 0.05) is 30.6 Å².